The average Bonchev–Trinajstić information content (AvgIpc) is 2.39. The molecule has 0 radical (unpaired) electrons. The molecular weight excluding hydrogens is 208 g/mol. The number of hydrazine groups is 1. The molecule has 0 spiro atoms. The maximum Gasteiger partial charge on any atom is 0.0460 e. The quantitative estimate of drug-likeness (QED) is 0.386. The first-order chi connectivity index (χ1) is 8.38. The predicted molar refractivity (Wildman–Crippen MR) is 74.5 cm³/mol. The van der Waals surface area contributed by atoms with Crippen LogP contribution in [0.3, 0.4) is 0 Å². The zero-order chi connectivity index (χ0) is 12.3. The molecule has 0 saturated carbocycles. The molecule has 1 aromatic rings. The van der Waals surface area contributed by atoms with Gasteiger partial charge in [0, 0.05) is 6.04 Å². The lowest BCUT2D eigenvalue weighted by atomic mass is 10.0. The molecule has 1 atom stereocenters. The molecular formula is C15H26N2. The van der Waals surface area contributed by atoms with Crippen LogP contribution < -0.4 is 11.3 Å². The van der Waals surface area contributed by atoms with Crippen molar-refractivity contribution in [3.8, 4) is 0 Å². The van der Waals surface area contributed by atoms with Gasteiger partial charge in [0.25, 0.3) is 0 Å². The van der Waals surface area contributed by atoms with Crippen LogP contribution >= 0.6 is 0 Å². The highest BCUT2D eigenvalue weighted by Crippen LogP contribution is 2.19. The van der Waals surface area contributed by atoms with Crippen molar-refractivity contribution in [1.82, 2.24) is 5.43 Å². The van der Waals surface area contributed by atoms with Gasteiger partial charge in [-0.1, -0.05) is 75.8 Å². The lowest BCUT2D eigenvalue weighted by Crippen LogP contribution is -2.27. The molecule has 96 valence electrons. The summed E-state index contributed by atoms with van der Waals surface area (Å²) in [6.45, 7) is 2.25. The van der Waals surface area contributed by atoms with Gasteiger partial charge in [-0.15, -0.1) is 0 Å². The highest BCUT2D eigenvalue weighted by atomic mass is 15.2. The highest BCUT2D eigenvalue weighted by Gasteiger charge is 2.07. The Morgan fingerprint density at radius 3 is 2.29 bits per heavy atom. The molecule has 1 aromatic carbocycles. The summed E-state index contributed by atoms with van der Waals surface area (Å²) in [5, 5.41) is 0. The van der Waals surface area contributed by atoms with E-state index in [9.17, 15) is 0 Å². The minimum Gasteiger partial charge on any atom is -0.271 e. The number of nitrogens with two attached hydrogens (primary N) is 1. The summed E-state index contributed by atoms with van der Waals surface area (Å²) in [6, 6.07) is 10.8. The van der Waals surface area contributed by atoms with E-state index in [1.165, 1.54) is 44.1 Å². The number of benzene rings is 1. The molecule has 0 aliphatic heterocycles. The number of rotatable bonds is 9. The Hall–Kier alpha value is -0.860. The molecule has 0 amide bonds. The first-order valence-corrected chi connectivity index (χ1v) is 6.89. The van der Waals surface area contributed by atoms with Crippen molar-refractivity contribution in [3.05, 3.63) is 35.9 Å². The Bertz CT molecular complexity index is 272. The Morgan fingerprint density at radius 2 is 1.65 bits per heavy atom. The van der Waals surface area contributed by atoms with E-state index in [-0.39, 0.29) is 0 Å². The minimum atomic E-state index is 0.308. The van der Waals surface area contributed by atoms with Gasteiger partial charge in [-0.25, -0.2) is 0 Å². The Labute approximate surface area is 106 Å². The van der Waals surface area contributed by atoms with Gasteiger partial charge in [0.05, 0.1) is 0 Å². The molecule has 0 aliphatic rings. The standard InChI is InChI=1S/C15H26N2/c1-2-3-4-5-6-10-13-15(17-16)14-11-8-7-9-12-14/h7-9,11-12,15,17H,2-6,10,13,16H2,1H3/t15-/m0/s1. The molecule has 2 nitrogen and oxygen atoms in total. The van der Waals surface area contributed by atoms with Gasteiger partial charge in [0.2, 0.25) is 0 Å². The van der Waals surface area contributed by atoms with Gasteiger partial charge >= 0.3 is 0 Å². The molecule has 0 heterocycles. The first kappa shape index (κ1) is 14.2. The van der Waals surface area contributed by atoms with Crippen LogP contribution in [-0.4, -0.2) is 0 Å². The summed E-state index contributed by atoms with van der Waals surface area (Å²) in [7, 11) is 0. The van der Waals surface area contributed by atoms with Crippen LogP contribution in [0, 0.1) is 0 Å². The summed E-state index contributed by atoms with van der Waals surface area (Å²) in [5.74, 6) is 5.62. The topological polar surface area (TPSA) is 38.0 Å². The van der Waals surface area contributed by atoms with E-state index >= 15 is 0 Å². The fourth-order valence-corrected chi connectivity index (χ4v) is 2.16. The third-order valence-electron chi connectivity index (χ3n) is 3.25. The van der Waals surface area contributed by atoms with Gasteiger partial charge in [0.15, 0.2) is 0 Å². The fourth-order valence-electron chi connectivity index (χ4n) is 2.16. The van der Waals surface area contributed by atoms with Crippen molar-refractivity contribution in [1.29, 1.82) is 0 Å². The monoisotopic (exact) mass is 234 g/mol. The number of unbranched alkanes of at least 4 members (excludes halogenated alkanes) is 5. The van der Waals surface area contributed by atoms with Crippen LogP contribution in [-0.2, 0) is 0 Å². The molecule has 0 aromatic heterocycles. The van der Waals surface area contributed by atoms with Crippen molar-refractivity contribution < 1.29 is 0 Å². The van der Waals surface area contributed by atoms with Gasteiger partial charge < -0.3 is 0 Å². The molecule has 3 N–H and O–H groups in total. The highest BCUT2D eigenvalue weighted by molar-refractivity contribution is 5.18. The Kier molecular flexibility index (Phi) is 7.69. The molecule has 0 aliphatic carbocycles. The molecule has 0 saturated heterocycles. The van der Waals surface area contributed by atoms with Gasteiger partial charge in [-0.05, 0) is 12.0 Å². The molecule has 1 rings (SSSR count). The second-order valence-corrected chi connectivity index (χ2v) is 4.69. The van der Waals surface area contributed by atoms with Crippen molar-refractivity contribution in [3.63, 3.8) is 0 Å². The second-order valence-electron chi connectivity index (χ2n) is 4.69. The van der Waals surface area contributed by atoms with Crippen LogP contribution in [0.1, 0.15) is 63.5 Å². The molecule has 0 unspecified atom stereocenters. The van der Waals surface area contributed by atoms with Crippen molar-refractivity contribution in [2.75, 3.05) is 0 Å². The van der Waals surface area contributed by atoms with E-state index in [2.05, 4.69) is 36.6 Å². The third-order valence-corrected chi connectivity index (χ3v) is 3.25. The molecule has 17 heavy (non-hydrogen) atoms. The zero-order valence-corrected chi connectivity index (χ0v) is 11.0. The van der Waals surface area contributed by atoms with E-state index < -0.39 is 0 Å². The number of hydrogen-bond donors (Lipinski definition) is 2. The predicted octanol–water partition coefficient (Wildman–Crippen LogP) is 3.94. The van der Waals surface area contributed by atoms with Gasteiger partial charge in [0.1, 0.15) is 0 Å². The van der Waals surface area contributed by atoms with Crippen LogP contribution in [0.15, 0.2) is 30.3 Å². The van der Waals surface area contributed by atoms with Crippen LogP contribution in [0.5, 0.6) is 0 Å². The van der Waals surface area contributed by atoms with Crippen LogP contribution in [0.25, 0.3) is 0 Å². The van der Waals surface area contributed by atoms with Crippen molar-refractivity contribution >= 4 is 0 Å². The minimum absolute atomic E-state index is 0.308. The van der Waals surface area contributed by atoms with Crippen LogP contribution in [0.2, 0.25) is 0 Å². The van der Waals surface area contributed by atoms with Crippen molar-refractivity contribution in [2.24, 2.45) is 5.84 Å². The summed E-state index contributed by atoms with van der Waals surface area (Å²) < 4.78 is 0. The maximum atomic E-state index is 5.62. The molecule has 0 bridgehead atoms. The maximum absolute atomic E-state index is 5.62. The number of hydrogen-bond acceptors (Lipinski definition) is 2. The summed E-state index contributed by atoms with van der Waals surface area (Å²) in [4.78, 5) is 0. The normalized spacial score (nSPS) is 12.6. The van der Waals surface area contributed by atoms with E-state index in [1.54, 1.807) is 0 Å². The molecule has 0 fully saturated rings. The fraction of sp³-hybridized carbons (Fsp3) is 0.600. The molecule has 2 heteroatoms. The van der Waals surface area contributed by atoms with Crippen LogP contribution in [0.4, 0.5) is 0 Å². The second kappa shape index (κ2) is 9.20. The van der Waals surface area contributed by atoms with Crippen molar-refractivity contribution in [2.45, 2.75) is 57.9 Å². The third kappa shape index (κ3) is 5.85. The lowest BCUT2D eigenvalue weighted by Gasteiger charge is -2.16. The largest absolute Gasteiger partial charge is 0.271 e. The Morgan fingerprint density at radius 1 is 1.00 bits per heavy atom. The summed E-state index contributed by atoms with van der Waals surface area (Å²) in [5.41, 5.74) is 4.22. The average molecular weight is 234 g/mol. The number of nitrogens with one attached hydrogen (secondary N) is 1. The lowest BCUT2D eigenvalue weighted by molar-refractivity contribution is 0.477. The summed E-state index contributed by atoms with van der Waals surface area (Å²) in [6.07, 6.45) is 9.14. The zero-order valence-electron chi connectivity index (χ0n) is 11.0. The van der Waals surface area contributed by atoms with E-state index in [1.807, 2.05) is 6.07 Å². The van der Waals surface area contributed by atoms with Gasteiger partial charge in [-0.2, -0.15) is 0 Å². The van der Waals surface area contributed by atoms with E-state index in [4.69, 9.17) is 5.84 Å². The SMILES string of the molecule is CCCCCCCC[C@H](NN)c1ccccc1. The summed E-state index contributed by atoms with van der Waals surface area (Å²) >= 11 is 0. The van der Waals surface area contributed by atoms with E-state index in [0.29, 0.717) is 6.04 Å². The van der Waals surface area contributed by atoms with Gasteiger partial charge in [-0.3, -0.25) is 11.3 Å². The van der Waals surface area contributed by atoms with E-state index in [0.717, 1.165) is 6.42 Å². The smallest absolute Gasteiger partial charge is 0.0460 e. The Balaban J connectivity index is 2.20. The first-order valence-electron chi connectivity index (χ1n) is 6.89.